The summed E-state index contributed by atoms with van der Waals surface area (Å²) in [5.74, 6) is 0. The van der Waals surface area contributed by atoms with E-state index < -0.39 is 5.60 Å². The van der Waals surface area contributed by atoms with E-state index >= 15 is 0 Å². The Morgan fingerprint density at radius 3 is 2.84 bits per heavy atom. The lowest BCUT2D eigenvalue weighted by atomic mass is 9.85. The van der Waals surface area contributed by atoms with Gasteiger partial charge < -0.3 is 14.8 Å². The van der Waals surface area contributed by atoms with Gasteiger partial charge in [-0.3, -0.25) is 0 Å². The third-order valence-corrected chi connectivity index (χ3v) is 3.91. The Hall–Kier alpha value is -1.32. The first-order valence-electron chi connectivity index (χ1n) is 6.97. The van der Waals surface area contributed by atoms with Crippen LogP contribution < -0.4 is 5.32 Å². The molecule has 0 fully saturated rings. The molecule has 0 aliphatic heterocycles. The Kier molecular flexibility index (Phi) is 4.27. The van der Waals surface area contributed by atoms with E-state index in [4.69, 9.17) is 4.42 Å². The molecule has 0 saturated heterocycles. The number of furan rings is 1. The van der Waals surface area contributed by atoms with E-state index in [0.29, 0.717) is 0 Å². The van der Waals surface area contributed by atoms with Crippen molar-refractivity contribution in [1.29, 1.82) is 0 Å². The monoisotopic (exact) mass is 261 g/mol. The van der Waals surface area contributed by atoms with E-state index in [9.17, 15) is 5.11 Å². The number of unbranched alkanes of at least 4 members (excludes halogenated alkanes) is 1. The van der Waals surface area contributed by atoms with Crippen LogP contribution in [0.1, 0.15) is 38.7 Å². The van der Waals surface area contributed by atoms with Crippen molar-refractivity contribution in [2.24, 2.45) is 0 Å². The van der Waals surface area contributed by atoms with E-state index in [1.54, 1.807) is 6.26 Å². The highest BCUT2D eigenvalue weighted by Gasteiger charge is 2.32. The third kappa shape index (κ3) is 2.82. The fourth-order valence-corrected chi connectivity index (χ4v) is 2.59. The molecule has 0 amide bonds. The van der Waals surface area contributed by atoms with Gasteiger partial charge in [-0.05, 0) is 38.1 Å². The lowest BCUT2D eigenvalue weighted by Crippen LogP contribution is -2.45. The Morgan fingerprint density at radius 1 is 1.37 bits per heavy atom. The van der Waals surface area contributed by atoms with E-state index in [-0.39, 0.29) is 6.04 Å². The minimum atomic E-state index is -0.898. The van der Waals surface area contributed by atoms with Gasteiger partial charge in [0.1, 0.15) is 11.2 Å². The maximum atomic E-state index is 10.9. The molecule has 0 aliphatic carbocycles. The van der Waals surface area contributed by atoms with Crippen molar-refractivity contribution in [2.45, 2.75) is 44.8 Å². The second kappa shape index (κ2) is 5.76. The molecule has 2 aromatic rings. The predicted molar refractivity (Wildman–Crippen MR) is 78.2 cm³/mol. The zero-order chi connectivity index (χ0) is 13.9. The van der Waals surface area contributed by atoms with Gasteiger partial charge >= 0.3 is 0 Å². The highest BCUT2D eigenvalue weighted by atomic mass is 16.3. The highest BCUT2D eigenvalue weighted by Crippen LogP contribution is 2.30. The van der Waals surface area contributed by atoms with Crippen LogP contribution in [0.5, 0.6) is 0 Å². The van der Waals surface area contributed by atoms with Crippen molar-refractivity contribution in [2.75, 3.05) is 7.05 Å². The van der Waals surface area contributed by atoms with Crippen LogP contribution in [0, 0.1) is 0 Å². The van der Waals surface area contributed by atoms with Crippen molar-refractivity contribution >= 4 is 11.0 Å². The average molecular weight is 261 g/mol. The largest absolute Gasteiger partial charge is 0.464 e. The Labute approximate surface area is 114 Å². The number of benzene rings is 1. The van der Waals surface area contributed by atoms with Crippen molar-refractivity contribution in [3.8, 4) is 0 Å². The number of fused-ring (bicyclic) bond motifs is 1. The van der Waals surface area contributed by atoms with Gasteiger partial charge in [-0.25, -0.2) is 0 Å². The second-order valence-electron chi connectivity index (χ2n) is 5.30. The molecule has 2 N–H and O–H groups in total. The van der Waals surface area contributed by atoms with Gasteiger partial charge in [0, 0.05) is 11.4 Å². The number of aliphatic hydroxyl groups is 1. The zero-order valence-electron chi connectivity index (χ0n) is 11.9. The summed E-state index contributed by atoms with van der Waals surface area (Å²) in [4.78, 5) is 0. The lowest BCUT2D eigenvalue weighted by Gasteiger charge is -2.33. The van der Waals surface area contributed by atoms with Gasteiger partial charge in [-0.15, -0.1) is 0 Å². The molecule has 3 heteroatoms. The first-order chi connectivity index (χ1) is 9.09. The van der Waals surface area contributed by atoms with E-state index in [1.807, 2.05) is 38.2 Å². The van der Waals surface area contributed by atoms with Crippen LogP contribution in [0.3, 0.4) is 0 Å². The van der Waals surface area contributed by atoms with E-state index in [1.165, 1.54) is 0 Å². The smallest absolute Gasteiger partial charge is 0.134 e. The molecule has 1 aromatic heterocycles. The zero-order valence-corrected chi connectivity index (χ0v) is 11.9. The summed E-state index contributed by atoms with van der Waals surface area (Å²) in [5.41, 5.74) is 0.818. The molecule has 0 radical (unpaired) electrons. The SMILES string of the molecule is CCCCC(NC)C(C)(O)c1ccc2ccoc2c1. The van der Waals surface area contributed by atoms with Gasteiger partial charge in [0.25, 0.3) is 0 Å². The topological polar surface area (TPSA) is 45.4 Å². The number of rotatable bonds is 6. The van der Waals surface area contributed by atoms with Crippen molar-refractivity contribution in [1.82, 2.24) is 5.32 Å². The number of hydrogen-bond donors (Lipinski definition) is 2. The van der Waals surface area contributed by atoms with Crippen molar-refractivity contribution < 1.29 is 9.52 Å². The second-order valence-corrected chi connectivity index (χ2v) is 5.30. The van der Waals surface area contributed by atoms with Crippen LogP contribution in [0.15, 0.2) is 34.9 Å². The summed E-state index contributed by atoms with van der Waals surface area (Å²) < 4.78 is 5.42. The predicted octanol–water partition coefficient (Wildman–Crippen LogP) is 3.42. The number of hydrogen-bond acceptors (Lipinski definition) is 3. The molecule has 0 aliphatic rings. The molecule has 0 bridgehead atoms. The Balaban J connectivity index is 2.29. The summed E-state index contributed by atoms with van der Waals surface area (Å²) in [5, 5.41) is 15.2. The summed E-state index contributed by atoms with van der Waals surface area (Å²) in [6.07, 6.45) is 4.86. The van der Waals surface area contributed by atoms with E-state index in [0.717, 1.165) is 35.8 Å². The average Bonchev–Trinajstić information content (AvgIpc) is 2.86. The molecule has 3 nitrogen and oxygen atoms in total. The fourth-order valence-electron chi connectivity index (χ4n) is 2.59. The van der Waals surface area contributed by atoms with Crippen LogP contribution >= 0.6 is 0 Å². The molecule has 104 valence electrons. The van der Waals surface area contributed by atoms with Crippen molar-refractivity contribution in [3.05, 3.63) is 36.1 Å². The summed E-state index contributed by atoms with van der Waals surface area (Å²) in [6, 6.07) is 7.88. The molecular formula is C16H23NO2. The molecule has 2 atom stereocenters. The molecular weight excluding hydrogens is 238 g/mol. The van der Waals surface area contributed by atoms with Crippen LogP contribution in [0.2, 0.25) is 0 Å². The standard InChI is InChI=1S/C16H23NO2/c1-4-5-6-15(17-3)16(2,18)13-8-7-12-9-10-19-14(12)11-13/h7-11,15,17-18H,4-6H2,1-3H3. The minimum absolute atomic E-state index is 0.0415. The Bertz CT molecular complexity index is 530. The first-order valence-corrected chi connectivity index (χ1v) is 6.97. The maximum absolute atomic E-state index is 10.9. The molecule has 2 unspecified atom stereocenters. The lowest BCUT2D eigenvalue weighted by molar-refractivity contribution is 0.0140. The van der Waals surface area contributed by atoms with Crippen LogP contribution in [0.4, 0.5) is 0 Å². The summed E-state index contributed by atoms with van der Waals surface area (Å²) in [6.45, 7) is 4.03. The van der Waals surface area contributed by atoms with Crippen molar-refractivity contribution in [3.63, 3.8) is 0 Å². The molecule has 2 rings (SSSR count). The molecule has 1 aromatic carbocycles. The maximum Gasteiger partial charge on any atom is 0.134 e. The first kappa shape index (κ1) is 14.1. The molecule has 0 saturated carbocycles. The van der Waals surface area contributed by atoms with Gasteiger partial charge in [0.15, 0.2) is 0 Å². The quantitative estimate of drug-likeness (QED) is 0.837. The molecule has 0 spiro atoms. The highest BCUT2D eigenvalue weighted by molar-refractivity contribution is 5.77. The minimum Gasteiger partial charge on any atom is -0.464 e. The van der Waals surface area contributed by atoms with Crippen LogP contribution in [-0.4, -0.2) is 18.2 Å². The van der Waals surface area contributed by atoms with Gasteiger partial charge in [-0.1, -0.05) is 31.9 Å². The number of likely N-dealkylation sites (N-methyl/N-ethyl adjacent to an activating group) is 1. The van der Waals surface area contributed by atoms with E-state index in [2.05, 4.69) is 12.2 Å². The van der Waals surface area contributed by atoms with Crippen LogP contribution in [0.25, 0.3) is 11.0 Å². The number of nitrogens with one attached hydrogen (secondary N) is 1. The Morgan fingerprint density at radius 2 is 2.16 bits per heavy atom. The molecule has 19 heavy (non-hydrogen) atoms. The molecule has 1 heterocycles. The fraction of sp³-hybridized carbons (Fsp3) is 0.500. The normalized spacial score (nSPS) is 16.4. The van der Waals surface area contributed by atoms with Gasteiger partial charge in [-0.2, -0.15) is 0 Å². The summed E-state index contributed by atoms with van der Waals surface area (Å²) >= 11 is 0. The van der Waals surface area contributed by atoms with Crippen LogP contribution in [-0.2, 0) is 5.60 Å². The third-order valence-electron chi connectivity index (χ3n) is 3.91. The van der Waals surface area contributed by atoms with Gasteiger partial charge in [0.2, 0.25) is 0 Å². The van der Waals surface area contributed by atoms with Gasteiger partial charge in [0.05, 0.1) is 6.26 Å². The summed E-state index contributed by atoms with van der Waals surface area (Å²) in [7, 11) is 1.90.